The summed E-state index contributed by atoms with van der Waals surface area (Å²) in [5.74, 6) is 0.823. The van der Waals surface area contributed by atoms with E-state index in [4.69, 9.17) is 5.73 Å². The first kappa shape index (κ1) is 24.7. The number of nitrogens with zero attached hydrogens (tertiary/aromatic N) is 3. The highest BCUT2D eigenvalue weighted by molar-refractivity contribution is 5.96. The molecule has 9 heteroatoms. The second-order valence-electron chi connectivity index (χ2n) is 9.65. The molecule has 9 nitrogen and oxygen atoms in total. The number of rotatable bonds is 8. The normalized spacial score (nSPS) is 23.0. The van der Waals surface area contributed by atoms with Gasteiger partial charge in [-0.2, -0.15) is 0 Å². The van der Waals surface area contributed by atoms with Crippen molar-refractivity contribution in [1.82, 2.24) is 20.2 Å². The van der Waals surface area contributed by atoms with Crippen LogP contribution in [-0.4, -0.2) is 58.9 Å². The zero-order valence-electron chi connectivity index (χ0n) is 20.5. The zero-order chi connectivity index (χ0) is 24.9. The lowest BCUT2D eigenvalue weighted by Crippen LogP contribution is -2.39. The first-order valence-corrected chi connectivity index (χ1v) is 12.3. The number of amides is 2. The summed E-state index contributed by atoms with van der Waals surface area (Å²) in [7, 11) is 2.16. The van der Waals surface area contributed by atoms with E-state index < -0.39 is 5.91 Å². The zero-order valence-corrected chi connectivity index (χ0v) is 20.5. The summed E-state index contributed by atoms with van der Waals surface area (Å²) in [5.41, 5.74) is 7.79. The molecule has 1 aliphatic carbocycles. The van der Waals surface area contributed by atoms with E-state index >= 15 is 0 Å². The maximum Gasteiger partial charge on any atom is 0.271 e. The molecule has 1 aliphatic heterocycles. The number of hydrogen-bond acceptors (Lipinski definition) is 7. The minimum atomic E-state index is -0.643. The van der Waals surface area contributed by atoms with Gasteiger partial charge in [-0.15, -0.1) is 0 Å². The van der Waals surface area contributed by atoms with Gasteiger partial charge in [-0.3, -0.25) is 9.59 Å². The van der Waals surface area contributed by atoms with Crippen molar-refractivity contribution in [2.75, 3.05) is 30.8 Å². The topological polar surface area (TPSA) is 125 Å². The molecule has 0 radical (unpaired) electrons. The summed E-state index contributed by atoms with van der Waals surface area (Å²) < 4.78 is 0. The molecule has 2 aromatic rings. The van der Waals surface area contributed by atoms with E-state index in [1.165, 1.54) is 17.8 Å². The van der Waals surface area contributed by atoms with Gasteiger partial charge in [0, 0.05) is 17.8 Å². The van der Waals surface area contributed by atoms with Crippen molar-refractivity contribution >= 4 is 29.1 Å². The standard InChI is InChI=1S/C26H35N7O2/c1-4-23(34)31-21-10-9-20(16(21)2)30-22-15-28-24(25(27)35)26(32-22)29-19-7-5-17(6-8-19)18-11-13-33(3)14-12-18/h4-8,15-16,18,20-21H,1,9-14H2,2-3H3,(H2,27,35)(H,31,34)(H2,29,30,32)/t16-,20-,21?/m1/s1. The van der Waals surface area contributed by atoms with Crippen LogP contribution in [0.15, 0.2) is 43.1 Å². The number of hydrogen-bond donors (Lipinski definition) is 4. The summed E-state index contributed by atoms with van der Waals surface area (Å²) in [6.07, 6.45) is 6.87. The lowest BCUT2D eigenvalue weighted by atomic mass is 9.89. The van der Waals surface area contributed by atoms with Gasteiger partial charge in [-0.25, -0.2) is 9.97 Å². The number of anilines is 3. The predicted octanol–water partition coefficient (Wildman–Crippen LogP) is 3.01. The number of carbonyl (C=O) groups is 2. The average molecular weight is 478 g/mol. The van der Waals surface area contributed by atoms with Crippen LogP contribution in [0.4, 0.5) is 17.3 Å². The van der Waals surface area contributed by atoms with Gasteiger partial charge < -0.3 is 26.6 Å². The van der Waals surface area contributed by atoms with Gasteiger partial charge >= 0.3 is 0 Å². The van der Waals surface area contributed by atoms with Crippen molar-refractivity contribution in [3.63, 3.8) is 0 Å². The number of likely N-dealkylation sites (tertiary alicyclic amines) is 1. The van der Waals surface area contributed by atoms with Crippen molar-refractivity contribution in [3.05, 3.63) is 54.4 Å². The fourth-order valence-electron chi connectivity index (χ4n) is 5.05. The lowest BCUT2D eigenvalue weighted by Gasteiger charge is -2.29. The molecule has 2 amide bonds. The molecule has 2 fully saturated rings. The van der Waals surface area contributed by atoms with E-state index in [1.807, 2.05) is 12.1 Å². The third-order valence-electron chi connectivity index (χ3n) is 7.27. The summed E-state index contributed by atoms with van der Waals surface area (Å²) in [6.45, 7) is 7.84. The number of nitrogens with two attached hydrogens (primary N) is 1. The van der Waals surface area contributed by atoms with E-state index in [0.717, 1.165) is 44.5 Å². The molecule has 186 valence electrons. The Kier molecular flexibility index (Phi) is 7.65. The third-order valence-corrected chi connectivity index (χ3v) is 7.27. The van der Waals surface area contributed by atoms with Crippen LogP contribution < -0.4 is 21.7 Å². The first-order chi connectivity index (χ1) is 16.8. The average Bonchev–Trinajstić information content (AvgIpc) is 3.18. The van der Waals surface area contributed by atoms with Crippen LogP contribution >= 0.6 is 0 Å². The number of aromatic nitrogens is 2. The van der Waals surface area contributed by atoms with Crippen LogP contribution in [0, 0.1) is 5.92 Å². The van der Waals surface area contributed by atoms with Gasteiger partial charge in [0.05, 0.1) is 6.20 Å². The summed E-state index contributed by atoms with van der Waals surface area (Å²) in [6, 6.07) is 8.46. The van der Waals surface area contributed by atoms with Crippen molar-refractivity contribution in [1.29, 1.82) is 0 Å². The highest BCUT2D eigenvalue weighted by Crippen LogP contribution is 2.31. The molecular weight excluding hydrogens is 442 g/mol. The molecule has 5 N–H and O–H groups in total. The smallest absolute Gasteiger partial charge is 0.271 e. The first-order valence-electron chi connectivity index (χ1n) is 12.3. The van der Waals surface area contributed by atoms with Crippen LogP contribution in [-0.2, 0) is 4.79 Å². The third kappa shape index (κ3) is 5.97. The van der Waals surface area contributed by atoms with Crippen molar-refractivity contribution in [3.8, 4) is 0 Å². The predicted molar refractivity (Wildman–Crippen MR) is 138 cm³/mol. The quantitative estimate of drug-likeness (QED) is 0.431. The molecule has 1 saturated heterocycles. The van der Waals surface area contributed by atoms with E-state index in [-0.39, 0.29) is 29.6 Å². The molecule has 2 heterocycles. The molecule has 1 unspecified atom stereocenters. The minimum absolute atomic E-state index is 0.0662. The lowest BCUT2D eigenvalue weighted by molar-refractivity contribution is -0.117. The number of benzene rings is 1. The monoisotopic (exact) mass is 477 g/mol. The maximum absolute atomic E-state index is 12.0. The molecule has 0 spiro atoms. The Balaban J connectivity index is 1.45. The van der Waals surface area contributed by atoms with Crippen LogP contribution in [0.5, 0.6) is 0 Å². The van der Waals surface area contributed by atoms with Crippen LogP contribution in [0.2, 0.25) is 0 Å². The van der Waals surface area contributed by atoms with Gasteiger partial charge in [0.15, 0.2) is 11.5 Å². The highest BCUT2D eigenvalue weighted by Gasteiger charge is 2.33. The number of piperidine rings is 1. The van der Waals surface area contributed by atoms with Gasteiger partial charge in [-0.1, -0.05) is 25.6 Å². The largest absolute Gasteiger partial charge is 0.366 e. The van der Waals surface area contributed by atoms with Crippen LogP contribution in [0.25, 0.3) is 0 Å². The SMILES string of the molecule is C=CC(=O)NC1CC[C@@H](Nc2cnc(C(N)=O)c(Nc3ccc(C4CCN(C)CC4)cc3)n2)[C@H]1C. The fraction of sp³-hybridized carbons (Fsp3) is 0.462. The van der Waals surface area contributed by atoms with Gasteiger partial charge in [0.2, 0.25) is 5.91 Å². The molecule has 3 atom stereocenters. The van der Waals surface area contributed by atoms with Gasteiger partial charge in [0.1, 0.15) is 5.82 Å². The summed E-state index contributed by atoms with van der Waals surface area (Å²) in [5, 5.41) is 9.62. The van der Waals surface area contributed by atoms with Crippen molar-refractivity contribution < 1.29 is 9.59 Å². The fourth-order valence-corrected chi connectivity index (χ4v) is 5.05. The van der Waals surface area contributed by atoms with Crippen LogP contribution in [0.3, 0.4) is 0 Å². The second-order valence-corrected chi connectivity index (χ2v) is 9.65. The van der Waals surface area contributed by atoms with E-state index in [9.17, 15) is 9.59 Å². The molecule has 1 saturated carbocycles. The Morgan fingerprint density at radius 2 is 1.80 bits per heavy atom. The number of nitrogens with one attached hydrogen (secondary N) is 3. The summed E-state index contributed by atoms with van der Waals surface area (Å²) >= 11 is 0. The maximum atomic E-state index is 12.0. The van der Waals surface area contributed by atoms with E-state index in [2.05, 4.69) is 63.5 Å². The second kappa shape index (κ2) is 10.9. The summed E-state index contributed by atoms with van der Waals surface area (Å²) in [4.78, 5) is 34.9. The molecule has 0 bridgehead atoms. The molecular formula is C26H35N7O2. The molecule has 1 aromatic heterocycles. The highest BCUT2D eigenvalue weighted by atomic mass is 16.2. The Hall–Kier alpha value is -3.46. The number of carbonyl (C=O) groups excluding carboxylic acids is 2. The van der Waals surface area contributed by atoms with Crippen molar-refractivity contribution in [2.24, 2.45) is 11.7 Å². The van der Waals surface area contributed by atoms with Gasteiger partial charge in [-0.05, 0) is 81.4 Å². The molecule has 2 aliphatic rings. The molecule has 35 heavy (non-hydrogen) atoms. The van der Waals surface area contributed by atoms with Gasteiger partial charge in [0.25, 0.3) is 5.91 Å². The Morgan fingerprint density at radius 3 is 2.46 bits per heavy atom. The molecule has 1 aromatic carbocycles. The minimum Gasteiger partial charge on any atom is -0.366 e. The Labute approximate surface area is 206 Å². The van der Waals surface area contributed by atoms with Crippen molar-refractivity contribution in [2.45, 2.75) is 50.6 Å². The Morgan fingerprint density at radius 1 is 1.11 bits per heavy atom. The Bertz CT molecular complexity index is 1060. The molecule has 4 rings (SSSR count). The van der Waals surface area contributed by atoms with Crippen LogP contribution in [0.1, 0.15) is 54.6 Å². The van der Waals surface area contributed by atoms with E-state index in [0.29, 0.717) is 17.6 Å². The van der Waals surface area contributed by atoms with E-state index in [1.54, 1.807) is 0 Å². The number of primary amides is 1.